The highest BCUT2D eigenvalue weighted by Gasteiger charge is 2.43. The Morgan fingerprint density at radius 1 is 1.53 bits per heavy atom. The van der Waals surface area contributed by atoms with Crippen LogP contribution in [0.15, 0.2) is 16.4 Å². The van der Waals surface area contributed by atoms with Gasteiger partial charge in [0.2, 0.25) is 4.96 Å². The molecule has 3 heterocycles. The van der Waals surface area contributed by atoms with Gasteiger partial charge in [0.25, 0.3) is 5.56 Å². The number of fused-ring (bicyclic) bond motifs is 1. The molecule has 1 N–H and O–H groups in total. The highest BCUT2D eigenvalue weighted by molar-refractivity contribution is 7.14. The van der Waals surface area contributed by atoms with Crippen molar-refractivity contribution >= 4 is 16.3 Å². The minimum atomic E-state index is -0.594. The summed E-state index contributed by atoms with van der Waals surface area (Å²) in [6.45, 7) is 5.90. The van der Waals surface area contributed by atoms with E-state index in [1.807, 2.05) is 13.8 Å². The van der Waals surface area contributed by atoms with E-state index in [0.29, 0.717) is 24.6 Å². The number of aliphatic hydroxyl groups is 1. The number of hydrogen-bond acceptors (Lipinski definition) is 6. The molecule has 1 aliphatic heterocycles. The summed E-state index contributed by atoms with van der Waals surface area (Å²) in [5.41, 5.74) is 1.60. The van der Waals surface area contributed by atoms with Crippen LogP contribution in [0.5, 0.6) is 0 Å². The van der Waals surface area contributed by atoms with Crippen LogP contribution in [0.1, 0.15) is 19.5 Å². The maximum absolute atomic E-state index is 11.8. The monoisotopic (exact) mass is 280 g/mol. The van der Waals surface area contributed by atoms with Crippen molar-refractivity contribution in [1.29, 1.82) is 0 Å². The fourth-order valence-corrected chi connectivity index (χ4v) is 2.96. The first-order chi connectivity index (χ1) is 8.98. The first-order valence-electron chi connectivity index (χ1n) is 6.25. The Kier molecular flexibility index (Phi) is 2.92. The third-order valence-corrected chi connectivity index (χ3v) is 4.37. The summed E-state index contributed by atoms with van der Waals surface area (Å²) in [6.07, 6.45) is 0. The lowest BCUT2D eigenvalue weighted by Crippen LogP contribution is -2.63. The molecule has 2 aromatic rings. The van der Waals surface area contributed by atoms with Crippen molar-refractivity contribution in [3.8, 4) is 0 Å². The molecule has 0 spiro atoms. The van der Waals surface area contributed by atoms with E-state index in [-0.39, 0.29) is 11.5 Å². The minimum absolute atomic E-state index is 0.152. The fraction of sp³-hybridized carbons (Fsp3) is 0.583. The second kappa shape index (κ2) is 4.36. The van der Waals surface area contributed by atoms with Crippen molar-refractivity contribution in [2.45, 2.75) is 26.0 Å². The fourth-order valence-electron chi connectivity index (χ4n) is 2.32. The zero-order valence-corrected chi connectivity index (χ0v) is 11.7. The molecule has 7 heteroatoms. The molecule has 1 aliphatic rings. The standard InChI is InChI=1S/C12H16N4O2S/c1-8(2)12(18)5-15(6-12)4-9-3-10(17)16-11(14-9)19-7-13-16/h3,7-8,18H,4-6H2,1-2H3. The van der Waals surface area contributed by atoms with Crippen molar-refractivity contribution in [2.24, 2.45) is 5.92 Å². The van der Waals surface area contributed by atoms with E-state index in [9.17, 15) is 9.90 Å². The molecule has 0 saturated carbocycles. The van der Waals surface area contributed by atoms with Crippen molar-refractivity contribution < 1.29 is 5.11 Å². The molecule has 19 heavy (non-hydrogen) atoms. The largest absolute Gasteiger partial charge is 0.387 e. The lowest BCUT2D eigenvalue weighted by atomic mass is 9.83. The molecule has 0 radical (unpaired) electrons. The Morgan fingerprint density at radius 2 is 2.26 bits per heavy atom. The van der Waals surface area contributed by atoms with Crippen LogP contribution in [0.2, 0.25) is 0 Å². The van der Waals surface area contributed by atoms with Gasteiger partial charge in [-0.1, -0.05) is 25.2 Å². The summed E-state index contributed by atoms with van der Waals surface area (Å²) in [6, 6.07) is 1.51. The van der Waals surface area contributed by atoms with E-state index in [1.54, 1.807) is 5.51 Å². The minimum Gasteiger partial charge on any atom is -0.387 e. The van der Waals surface area contributed by atoms with Gasteiger partial charge in [-0.05, 0) is 5.92 Å². The molecular formula is C12H16N4O2S. The van der Waals surface area contributed by atoms with Crippen LogP contribution >= 0.6 is 11.3 Å². The highest BCUT2D eigenvalue weighted by atomic mass is 32.1. The second-order valence-electron chi connectivity index (χ2n) is 5.42. The quantitative estimate of drug-likeness (QED) is 0.878. The van der Waals surface area contributed by atoms with E-state index >= 15 is 0 Å². The molecule has 0 amide bonds. The van der Waals surface area contributed by atoms with Gasteiger partial charge in [0, 0.05) is 25.7 Å². The molecule has 0 aromatic carbocycles. The molecular weight excluding hydrogens is 264 g/mol. The molecule has 0 atom stereocenters. The van der Waals surface area contributed by atoms with Crippen LogP contribution in [0, 0.1) is 5.92 Å². The van der Waals surface area contributed by atoms with Crippen LogP contribution < -0.4 is 5.56 Å². The topological polar surface area (TPSA) is 70.7 Å². The number of nitrogens with zero attached hydrogens (tertiary/aromatic N) is 4. The van der Waals surface area contributed by atoms with Gasteiger partial charge in [0.1, 0.15) is 5.51 Å². The Balaban J connectivity index is 1.75. The van der Waals surface area contributed by atoms with Crippen LogP contribution in [0.3, 0.4) is 0 Å². The van der Waals surface area contributed by atoms with Crippen LogP contribution in [0.4, 0.5) is 0 Å². The predicted molar refractivity (Wildman–Crippen MR) is 72.2 cm³/mol. The van der Waals surface area contributed by atoms with Crippen molar-refractivity contribution in [3.05, 3.63) is 27.6 Å². The smallest absolute Gasteiger partial charge is 0.275 e. The second-order valence-corrected chi connectivity index (χ2v) is 6.23. The summed E-state index contributed by atoms with van der Waals surface area (Å²) in [5.74, 6) is 0.242. The SMILES string of the molecule is CC(C)C1(O)CN(Cc2cc(=O)n3ncsc3n2)C1. The number of rotatable bonds is 3. The lowest BCUT2D eigenvalue weighted by Gasteiger charge is -2.49. The lowest BCUT2D eigenvalue weighted by molar-refractivity contribution is -0.131. The molecule has 0 bridgehead atoms. The van der Waals surface area contributed by atoms with E-state index in [4.69, 9.17) is 0 Å². The molecule has 1 fully saturated rings. The zero-order chi connectivity index (χ0) is 13.6. The zero-order valence-electron chi connectivity index (χ0n) is 10.9. The Labute approximate surface area is 114 Å². The van der Waals surface area contributed by atoms with Crippen LogP contribution in [0.25, 0.3) is 4.96 Å². The van der Waals surface area contributed by atoms with Crippen molar-refractivity contribution in [3.63, 3.8) is 0 Å². The molecule has 1 saturated heterocycles. The third kappa shape index (κ3) is 2.18. The maximum Gasteiger partial charge on any atom is 0.275 e. The average molecular weight is 280 g/mol. The van der Waals surface area contributed by atoms with E-state index < -0.39 is 5.60 Å². The first kappa shape index (κ1) is 12.7. The van der Waals surface area contributed by atoms with E-state index in [1.165, 1.54) is 21.9 Å². The van der Waals surface area contributed by atoms with Crippen molar-refractivity contribution in [2.75, 3.05) is 13.1 Å². The Bertz CT molecular complexity index is 657. The summed E-state index contributed by atoms with van der Waals surface area (Å²) in [5, 5.41) is 14.1. The number of β-amino-alcohol motifs (C(OH)–C–C–N with tert-alkyl or cyclic N) is 1. The van der Waals surface area contributed by atoms with Gasteiger partial charge < -0.3 is 5.11 Å². The number of hydrogen-bond donors (Lipinski definition) is 1. The highest BCUT2D eigenvalue weighted by Crippen LogP contribution is 2.29. The van der Waals surface area contributed by atoms with Gasteiger partial charge in [-0.2, -0.15) is 9.61 Å². The molecule has 0 unspecified atom stereocenters. The number of aromatic nitrogens is 3. The van der Waals surface area contributed by atoms with Crippen LogP contribution in [-0.2, 0) is 6.54 Å². The maximum atomic E-state index is 11.8. The van der Waals surface area contributed by atoms with Gasteiger partial charge in [-0.25, -0.2) is 4.98 Å². The van der Waals surface area contributed by atoms with Gasteiger partial charge in [0.05, 0.1) is 11.3 Å². The van der Waals surface area contributed by atoms with E-state index in [2.05, 4.69) is 15.0 Å². The van der Waals surface area contributed by atoms with Gasteiger partial charge >= 0.3 is 0 Å². The van der Waals surface area contributed by atoms with Gasteiger partial charge in [-0.3, -0.25) is 9.69 Å². The summed E-state index contributed by atoms with van der Waals surface area (Å²) in [4.78, 5) is 18.9. The predicted octanol–water partition coefficient (Wildman–Crippen LogP) is 0.354. The van der Waals surface area contributed by atoms with Crippen molar-refractivity contribution in [1.82, 2.24) is 19.5 Å². The average Bonchev–Trinajstić information content (AvgIpc) is 2.75. The molecule has 6 nitrogen and oxygen atoms in total. The first-order valence-corrected chi connectivity index (χ1v) is 7.13. The molecule has 3 rings (SSSR count). The Morgan fingerprint density at radius 3 is 2.95 bits per heavy atom. The normalized spacial score (nSPS) is 18.9. The molecule has 102 valence electrons. The third-order valence-electron chi connectivity index (χ3n) is 3.70. The summed E-state index contributed by atoms with van der Waals surface area (Å²) >= 11 is 1.35. The molecule has 0 aliphatic carbocycles. The Hall–Kier alpha value is -1.31. The van der Waals surface area contributed by atoms with Gasteiger partial charge in [0.15, 0.2) is 0 Å². The van der Waals surface area contributed by atoms with Crippen LogP contribution in [-0.4, -0.2) is 43.3 Å². The van der Waals surface area contributed by atoms with E-state index in [0.717, 1.165) is 5.69 Å². The summed E-state index contributed by atoms with van der Waals surface area (Å²) in [7, 11) is 0. The summed E-state index contributed by atoms with van der Waals surface area (Å²) < 4.78 is 1.30. The number of likely N-dealkylation sites (tertiary alicyclic amines) is 1. The van der Waals surface area contributed by atoms with Gasteiger partial charge in [-0.15, -0.1) is 0 Å². The molecule has 2 aromatic heterocycles.